The first-order valence-corrected chi connectivity index (χ1v) is 6.78. The minimum Gasteiger partial charge on any atom is -0.377 e. The van der Waals surface area contributed by atoms with Crippen molar-refractivity contribution in [3.8, 4) is 0 Å². The molecule has 98 valence electrons. The van der Waals surface area contributed by atoms with Crippen molar-refractivity contribution in [2.24, 2.45) is 0 Å². The third-order valence-corrected chi connectivity index (χ3v) is 2.88. The third kappa shape index (κ3) is 5.54. The van der Waals surface area contributed by atoms with Crippen LogP contribution in [0.4, 0.5) is 0 Å². The Morgan fingerprint density at radius 2 is 1.53 bits per heavy atom. The van der Waals surface area contributed by atoms with E-state index in [9.17, 15) is 0 Å². The molecule has 0 radical (unpaired) electrons. The van der Waals surface area contributed by atoms with Crippen LogP contribution in [0.15, 0.2) is 66.7 Å². The Morgan fingerprint density at radius 3 is 2.26 bits per heavy atom. The highest BCUT2D eigenvalue weighted by atomic mass is 16.5. The molecule has 0 amide bonds. The van der Waals surface area contributed by atoms with Gasteiger partial charge in [-0.3, -0.25) is 0 Å². The Labute approximate surface area is 115 Å². The first kappa shape index (κ1) is 13.6. The second kappa shape index (κ2) is 8.28. The van der Waals surface area contributed by atoms with Gasteiger partial charge < -0.3 is 4.74 Å². The fourth-order valence-electron chi connectivity index (χ4n) is 1.85. The summed E-state index contributed by atoms with van der Waals surface area (Å²) in [5.41, 5.74) is 2.50. The molecule has 1 heteroatoms. The van der Waals surface area contributed by atoms with Crippen LogP contribution < -0.4 is 0 Å². The molecule has 0 heterocycles. The molecule has 0 aliphatic heterocycles. The summed E-state index contributed by atoms with van der Waals surface area (Å²) in [5.74, 6) is 0. The van der Waals surface area contributed by atoms with Crippen molar-refractivity contribution in [2.75, 3.05) is 6.61 Å². The zero-order valence-corrected chi connectivity index (χ0v) is 11.2. The van der Waals surface area contributed by atoms with Gasteiger partial charge in [0.2, 0.25) is 0 Å². The van der Waals surface area contributed by atoms with Gasteiger partial charge in [0.25, 0.3) is 0 Å². The van der Waals surface area contributed by atoms with Crippen molar-refractivity contribution in [3.05, 3.63) is 77.9 Å². The van der Waals surface area contributed by atoms with Gasteiger partial charge in [0.1, 0.15) is 0 Å². The van der Waals surface area contributed by atoms with Crippen LogP contribution in [0.1, 0.15) is 24.0 Å². The molecule has 1 nitrogen and oxygen atoms in total. The number of ether oxygens (including phenoxy) is 1. The maximum absolute atomic E-state index is 5.64. The fraction of sp³-hybridized carbons (Fsp3) is 0.222. The van der Waals surface area contributed by atoms with Gasteiger partial charge in [0.15, 0.2) is 0 Å². The standard InChI is InChI=1S/C18H20O/c1-4-10-17(11-5-1)12-8-3-9-15-19-16-18-13-6-2-7-14-18/h1-2,4-8,10-14H,3,9,15-16H2/b12-8+. The monoisotopic (exact) mass is 252 g/mol. The fourth-order valence-corrected chi connectivity index (χ4v) is 1.85. The first-order chi connectivity index (χ1) is 9.45. The zero-order chi connectivity index (χ0) is 13.2. The lowest BCUT2D eigenvalue weighted by molar-refractivity contribution is 0.119. The van der Waals surface area contributed by atoms with Crippen molar-refractivity contribution in [2.45, 2.75) is 19.4 Å². The summed E-state index contributed by atoms with van der Waals surface area (Å²) in [6.07, 6.45) is 6.50. The summed E-state index contributed by atoms with van der Waals surface area (Å²) in [5, 5.41) is 0. The average molecular weight is 252 g/mol. The average Bonchev–Trinajstić information content (AvgIpc) is 2.48. The summed E-state index contributed by atoms with van der Waals surface area (Å²) in [6, 6.07) is 20.7. The largest absolute Gasteiger partial charge is 0.377 e. The maximum atomic E-state index is 5.64. The van der Waals surface area contributed by atoms with Gasteiger partial charge in [0.05, 0.1) is 6.61 Å². The van der Waals surface area contributed by atoms with E-state index in [1.54, 1.807) is 0 Å². The minimum absolute atomic E-state index is 0.712. The van der Waals surface area contributed by atoms with Crippen molar-refractivity contribution in [1.82, 2.24) is 0 Å². The molecule has 0 saturated heterocycles. The molecule has 0 spiro atoms. The van der Waals surface area contributed by atoms with Crippen molar-refractivity contribution in [3.63, 3.8) is 0 Å². The summed E-state index contributed by atoms with van der Waals surface area (Å²) in [7, 11) is 0. The lowest BCUT2D eigenvalue weighted by Gasteiger charge is -2.02. The SMILES string of the molecule is C(=C\c1ccccc1)/CCCOCc1ccccc1. The molecule has 0 aromatic heterocycles. The van der Waals surface area contributed by atoms with Crippen molar-refractivity contribution >= 4 is 6.08 Å². The molecule has 0 N–H and O–H groups in total. The smallest absolute Gasteiger partial charge is 0.0716 e. The second-order valence-corrected chi connectivity index (χ2v) is 4.49. The Balaban J connectivity index is 1.56. The lowest BCUT2D eigenvalue weighted by Crippen LogP contribution is -1.94. The molecule has 2 aromatic carbocycles. The first-order valence-electron chi connectivity index (χ1n) is 6.78. The molecular weight excluding hydrogens is 232 g/mol. The van der Waals surface area contributed by atoms with Crippen LogP contribution in [-0.4, -0.2) is 6.61 Å². The predicted molar refractivity (Wildman–Crippen MR) is 80.8 cm³/mol. The van der Waals surface area contributed by atoms with E-state index >= 15 is 0 Å². The number of hydrogen-bond acceptors (Lipinski definition) is 1. The van der Waals surface area contributed by atoms with Crippen molar-refractivity contribution in [1.29, 1.82) is 0 Å². The van der Waals surface area contributed by atoms with Gasteiger partial charge in [-0.25, -0.2) is 0 Å². The van der Waals surface area contributed by atoms with Gasteiger partial charge >= 0.3 is 0 Å². The molecule has 19 heavy (non-hydrogen) atoms. The van der Waals surface area contributed by atoms with Gasteiger partial charge in [-0.2, -0.15) is 0 Å². The van der Waals surface area contributed by atoms with Crippen LogP contribution in [0.3, 0.4) is 0 Å². The molecule has 0 aliphatic rings. The van der Waals surface area contributed by atoms with E-state index in [0.717, 1.165) is 19.4 Å². The number of rotatable bonds is 7. The van der Waals surface area contributed by atoms with Gasteiger partial charge in [-0.15, -0.1) is 0 Å². The highest BCUT2D eigenvalue weighted by molar-refractivity contribution is 5.48. The predicted octanol–water partition coefficient (Wildman–Crippen LogP) is 4.70. The quantitative estimate of drug-likeness (QED) is 0.649. The Bertz CT molecular complexity index is 474. The summed E-state index contributed by atoms with van der Waals surface area (Å²) in [6.45, 7) is 1.53. The Hall–Kier alpha value is -1.86. The van der Waals surface area contributed by atoms with Crippen LogP contribution in [0.2, 0.25) is 0 Å². The topological polar surface area (TPSA) is 9.23 Å². The van der Waals surface area contributed by atoms with E-state index in [0.29, 0.717) is 6.61 Å². The molecule has 0 unspecified atom stereocenters. The molecular formula is C18H20O. The number of allylic oxidation sites excluding steroid dienone is 1. The highest BCUT2D eigenvalue weighted by Gasteiger charge is 1.91. The zero-order valence-electron chi connectivity index (χ0n) is 11.2. The summed E-state index contributed by atoms with van der Waals surface area (Å²) >= 11 is 0. The molecule has 0 bridgehead atoms. The molecule has 0 fully saturated rings. The van der Waals surface area contributed by atoms with Crippen LogP contribution in [0, 0.1) is 0 Å². The summed E-state index contributed by atoms with van der Waals surface area (Å²) in [4.78, 5) is 0. The van der Waals surface area contributed by atoms with Crippen LogP contribution in [0.25, 0.3) is 6.08 Å². The van der Waals surface area contributed by atoms with Crippen LogP contribution in [-0.2, 0) is 11.3 Å². The van der Waals surface area contributed by atoms with E-state index in [1.165, 1.54) is 11.1 Å². The number of unbranched alkanes of at least 4 members (excludes halogenated alkanes) is 1. The van der Waals surface area contributed by atoms with E-state index in [1.807, 2.05) is 24.3 Å². The number of benzene rings is 2. The summed E-state index contributed by atoms with van der Waals surface area (Å²) < 4.78 is 5.64. The Kier molecular flexibility index (Phi) is 5.91. The van der Waals surface area contributed by atoms with Gasteiger partial charge in [-0.05, 0) is 24.0 Å². The van der Waals surface area contributed by atoms with Crippen molar-refractivity contribution < 1.29 is 4.74 Å². The highest BCUT2D eigenvalue weighted by Crippen LogP contribution is 2.04. The van der Waals surface area contributed by atoms with E-state index in [-0.39, 0.29) is 0 Å². The Morgan fingerprint density at radius 1 is 0.842 bits per heavy atom. The van der Waals surface area contributed by atoms with Crippen LogP contribution in [0.5, 0.6) is 0 Å². The minimum atomic E-state index is 0.712. The lowest BCUT2D eigenvalue weighted by atomic mass is 10.2. The van der Waals surface area contributed by atoms with Gasteiger partial charge in [0, 0.05) is 6.61 Å². The van der Waals surface area contributed by atoms with Crippen LogP contribution >= 0.6 is 0 Å². The molecule has 2 rings (SSSR count). The second-order valence-electron chi connectivity index (χ2n) is 4.49. The van der Waals surface area contributed by atoms with E-state index < -0.39 is 0 Å². The normalized spacial score (nSPS) is 10.9. The molecule has 2 aromatic rings. The third-order valence-electron chi connectivity index (χ3n) is 2.88. The number of hydrogen-bond donors (Lipinski definition) is 0. The maximum Gasteiger partial charge on any atom is 0.0716 e. The molecule has 0 aliphatic carbocycles. The van der Waals surface area contributed by atoms with E-state index in [2.05, 4.69) is 48.6 Å². The molecule has 0 atom stereocenters. The van der Waals surface area contributed by atoms with Gasteiger partial charge in [-0.1, -0.05) is 72.8 Å². The van der Waals surface area contributed by atoms with E-state index in [4.69, 9.17) is 4.74 Å². The molecule has 0 saturated carbocycles.